The average Bonchev–Trinajstić information content (AvgIpc) is 2.47. The second-order valence-electron chi connectivity index (χ2n) is 6.03. The lowest BCUT2D eigenvalue weighted by atomic mass is 9.83. The first-order valence-electron chi connectivity index (χ1n) is 7.31. The average molecular weight is 328 g/mol. The summed E-state index contributed by atoms with van der Waals surface area (Å²) in [6.07, 6.45) is 1.91. The number of esters is 1. The van der Waals surface area contributed by atoms with E-state index in [1.54, 1.807) is 0 Å². The number of nitro groups is 1. The summed E-state index contributed by atoms with van der Waals surface area (Å²) in [6.45, 7) is 5.72. The van der Waals surface area contributed by atoms with Gasteiger partial charge in [0.1, 0.15) is 16.2 Å². The number of benzene rings is 1. The van der Waals surface area contributed by atoms with Gasteiger partial charge in [0.05, 0.1) is 18.0 Å². The van der Waals surface area contributed by atoms with E-state index in [1.807, 2.05) is 13.8 Å². The van der Waals surface area contributed by atoms with Crippen molar-refractivity contribution in [2.75, 3.05) is 13.1 Å². The molecular weight excluding hydrogens is 308 g/mol. The molecule has 1 heterocycles. The van der Waals surface area contributed by atoms with Crippen LogP contribution in [0, 0.1) is 16.0 Å². The number of hydrogen-bond acceptors (Lipinski definition) is 4. The van der Waals surface area contributed by atoms with Crippen molar-refractivity contribution in [3.8, 4) is 0 Å². The Hall–Kier alpha value is -1.66. The van der Waals surface area contributed by atoms with Crippen LogP contribution in [0.3, 0.4) is 0 Å². The number of rotatable bonds is 4. The molecule has 22 heavy (non-hydrogen) atoms. The van der Waals surface area contributed by atoms with Crippen molar-refractivity contribution in [1.82, 2.24) is 0 Å². The standard InChI is InChI=1S/C15H19ClN2O4/c1-15(2,10-6-8-17-9-7-10)22-14(19)11-4-3-5-12(16)13(11)18(20)21/h3-5,10,17H,6-9H2,1-2H3/p+1. The van der Waals surface area contributed by atoms with Gasteiger partial charge in [-0.3, -0.25) is 10.1 Å². The number of piperidine rings is 1. The smallest absolute Gasteiger partial charge is 0.345 e. The van der Waals surface area contributed by atoms with Crippen molar-refractivity contribution in [2.45, 2.75) is 32.3 Å². The summed E-state index contributed by atoms with van der Waals surface area (Å²) in [4.78, 5) is 22.9. The van der Waals surface area contributed by atoms with Crippen molar-refractivity contribution < 1.29 is 19.8 Å². The maximum Gasteiger partial charge on any atom is 0.345 e. The highest BCUT2D eigenvalue weighted by molar-refractivity contribution is 6.33. The lowest BCUT2D eigenvalue weighted by Gasteiger charge is -2.35. The van der Waals surface area contributed by atoms with Gasteiger partial charge in [-0.1, -0.05) is 17.7 Å². The minimum Gasteiger partial charge on any atom is -0.456 e. The molecule has 1 aliphatic heterocycles. The van der Waals surface area contributed by atoms with Crippen LogP contribution in [0.5, 0.6) is 0 Å². The Bertz CT molecular complexity index is 583. The van der Waals surface area contributed by atoms with Crippen molar-refractivity contribution in [1.29, 1.82) is 0 Å². The molecule has 0 unspecified atom stereocenters. The van der Waals surface area contributed by atoms with Gasteiger partial charge in [-0.15, -0.1) is 0 Å². The van der Waals surface area contributed by atoms with Crippen LogP contribution < -0.4 is 5.32 Å². The Morgan fingerprint density at radius 3 is 2.64 bits per heavy atom. The van der Waals surface area contributed by atoms with E-state index >= 15 is 0 Å². The summed E-state index contributed by atoms with van der Waals surface area (Å²) >= 11 is 5.83. The Kier molecular flexibility index (Phi) is 5.03. The zero-order valence-corrected chi connectivity index (χ0v) is 13.4. The van der Waals surface area contributed by atoms with Crippen LogP contribution in [0.15, 0.2) is 18.2 Å². The van der Waals surface area contributed by atoms with Gasteiger partial charge >= 0.3 is 11.7 Å². The molecule has 1 aromatic carbocycles. The first kappa shape index (κ1) is 16.7. The first-order valence-corrected chi connectivity index (χ1v) is 7.68. The van der Waals surface area contributed by atoms with Gasteiger partial charge in [-0.2, -0.15) is 0 Å². The molecule has 1 aromatic rings. The molecular formula is C15H20ClN2O4+. The van der Waals surface area contributed by atoms with Crippen LogP contribution in [0.4, 0.5) is 5.69 Å². The fourth-order valence-corrected chi connectivity index (χ4v) is 3.11. The molecule has 0 aliphatic carbocycles. The quantitative estimate of drug-likeness (QED) is 0.521. The predicted molar refractivity (Wildman–Crippen MR) is 82.0 cm³/mol. The number of ether oxygens (including phenoxy) is 1. The Morgan fingerprint density at radius 2 is 2.05 bits per heavy atom. The van der Waals surface area contributed by atoms with E-state index in [4.69, 9.17) is 16.3 Å². The minimum atomic E-state index is -0.700. The Balaban J connectivity index is 2.22. The number of hydrogen-bond donors (Lipinski definition) is 1. The number of carbonyl (C=O) groups is 1. The molecule has 0 bridgehead atoms. The molecule has 0 atom stereocenters. The largest absolute Gasteiger partial charge is 0.456 e. The van der Waals surface area contributed by atoms with E-state index in [2.05, 4.69) is 5.32 Å². The number of quaternary nitrogens is 1. The summed E-state index contributed by atoms with van der Waals surface area (Å²) in [6, 6.07) is 4.27. The third-order valence-electron chi connectivity index (χ3n) is 4.17. The topological polar surface area (TPSA) is 86.0 Å². The zero-order chi connectivity index (χ0) is 16.3. The number of halogens is 1. The number of nitro benzene ring substituents is 1. The maximum absolute atomic E-state index is 12.4. The molecule has 1 saturated heterocycles. The first-order chi connectivity index (χ1) is 10.3. The van der Waals surface area contributed by atoms with E-state index < -0.39 is 22.2 Å². The summed E-state index contributed by atoms with van der Waals surface area (Å²) in [5.74, 6) is -0.451. The van der Waals surface area contributed by atoms with E-state index in [0.29, 0.717) is 0 Å². The van der Waals surface area contributed by atoms with Gasteiger partial charge in [0.15, 0.2) is 0 Å². The van der Waals surface area contributed by atoms with Gasteiger partial charge in [-0.05, 0) is 26.0 Å². The van der Waals surface area contributed by atoms with E-state index in [1.165, 1.54) is 18.2 Å². The fourth-order valence-electron chi connectivity index (χ4n) is 2.86. The maximum atomic E-state index is 12.4. The molecule has 2 N–H and O–H groups in total. The fraction of sp³-hybridized carbons (Fsp3) is 0.533. The normalized spacial score (nSPS) is 16.3. The van der Waals surface area contributed by atoms with Crippen LogP contribution in [-0.4, -0.2) is 29.6 Å². The second kappa shape index (κ2) is 6.62. The molecule has 0 spiro atoms. The van der Waals surface area contributed by atoms with Crippen molar-refractivity contribution in [2.24, 2.45) is 5.92 Å². The van der Waals surface area contributed by atoms with E-state index in [9.17, 15) is 14.9 Å². The second-order valence-corrected chi connectivity index (χ2v) is 6.43. The van der Waals surface area contributed by atoms with Gasteiger partial charge < -0.3 is 10.1 Å². The highest BCUT2D eigenvalue weighted by atomic mass is 35.5. The molecule has 6 nitrogen and oxygen atoms in total. The highest BCUT2D eigenvalue weighted by Gasteiger charge is 2.37. The third kappa shape index (κ3) is 3.56. The number of nitrogens with two attached hydrogens (primary N) is 1. The molecule has 7 heteroatoms. The van der Waals surface area contributed by atoms with E-state index in [-0.39, 0.29) is 16.5 Å². The van der Waals surface area contributed by atoms with Crippen LogP contribution in [0.1, 0.15) is 37.0 Å². The van der Waals surface area contributed by atoms with Crippen molar-refractivity contribution in [3.05, 3.63) is 38.9 Å². The number of nitrogens with zero attached hydrogens (tertiary/aromatic N) is 1. The lowest BCUT2D eigenvalue weighted by Crippen LogP contribution is -2.86. The predicted octanol–water partition coefficient (Wildman–Crippen LogP) is 2.16. The molecule has 2 rings (SSSR count). The summed E-state index contributed by atoms with van der Waals surface area (Å²) < 4.78 is 5.59. The monoisotopic (exact) mass is 327 g/mol. The van der Waals surface area contributed by atoms with Gasteiger partial charge in [0.25, 0.3) is 0 Å². The molecule has 0 amide bonds. The van der Waals surface area contributed by atoms with Gasteiger partial charge in [-0.25, -0.2) is 4.79 Å². The van der Waals surface area contributed by atoms with Crippen LogP contribution in [-0.2, 0) is 4.74 Å². The molecule has 120 valence electrons. The summed E-state index contributed by atoms with van der Waals surface area (Å²) in [5, 5.41) is 13.3. The van der Waals surface area contributed by atoms with E-state index in [0.717, 1.165) is 25.9 Å². The van der Waals surface area contributed by atoms with Crippen molar-refractivity contribution >= 4 is 23.3 Å². The molecule has 1 aliphatic rings. The summed E-state index contributed by atoms with van der Waals surface area (Å²) in [7, 11) is 0. The van der Waals surface area contributed by atoms with Crippen LogP contribution >= 0.6 is 11.6 Å². The Morgan fingerprint density at radius 1 is 1.41 bits per heavy atom. The Labute approximate surface area is 133 Å². The van der Waals surface area contributed by atoms with Gasteiger partial charge in [0, 0.05) is 18.8 Å². The zero-order valence-electron chi connectivity index (χ0n) is 12.7. The molecule has 0 saturated carbocycles. The van der Waals surface area contributed by atoms with Crippen LogP contribution in [0.25, 0.3) is 0 Å². The SMILES string of the molecule is CC(C)(OC(=O)c1cccc(Cl)c1[N+](=O)[O-])C1CC[NH2+]CC1. The molecule has 1 fully saturated rings. The van der Waals surface area contributed by atoms with Crippen molar-refractivity contribution in [3.63, 3.8) is 0 Å². The third-order valence-corrected chi connectivity index (χ3v) is 4.47. The highest BCUT2D eigenvalue weighted by Crippen LogP contribution is 2.32. The molecule has 0 aromatic heterocycles. The summed E-state index contributed by atoms with van der Waals surface area (Å²) in [5.41, 5.74) is -1.17. The molecule has 0 radical (unpaired) electrons. The van der Waals surface area contributed by atoms with Gasteiger partial charge in [0.2, 0.25) is 0 Å². The lowest BCUT2D eigenvalue weighted by molar-refractivity contribution is -0.665. The number of para-hydroxylation sites is 1. The minimum absolute atomic E-state index is 0.0653. The number of carbonyl (C=O) groups excluding carboxylic acids is 1. The van der Waals surface area contributed by atoms with Crippen LogP contribution in [0.2, 0.25) is 5.02 Å².